The van der Waals surface area contributed by atoms with Crippen LogP contribution in [0.4, 0.5) is 0 Å². The van der Waals surface area contributed by atoms with Gasteiger partial charge in [0.2, 0.25) is 0 Å². The summed E-state index contributed by atoms with van der Waals surface area (Å²) in [7, 11) is 0. The number of hydrogen-bond acceptors (Lipinski definition) is 3. The van der Waals surface area contributed by atoms with Gasteiger partial charge in [0.1, 0.15) is 5.75 Å². The van der Waals surface area contributed by atoms with Crippen LogP contribution < -0.4 is 10.1 Å². The molecule has 2 aromatic rings. The van der Waals surface area contributed by atoms with Crippen LogP contribution in [0.15, 0.2) is 34.1 Å². The average molecular weight is 352 g/mol. The molecule has 1 aliphatic rings. The van der Waals surface area contributed by atoms with Crippen LogP contribution in [-0.2, 0) is 6.42 Å². The molecule has 4 heteroatoms. The Morgan fingerprint density at radius 1 is 1.45 bits per heavy atom. The third kappa shape index (κ3) is 2.78. The molecule has 0 fully saturated rings. The monoisotopic (exact) mass is 351 g/mol. The molecule has 0 radical (unpaired) electrons. The smallest absolute Gasteiger partial charge is 0.127 e. The number of fused-ring (bicyclic) bond motifs is 1. The average Bonchev–Trinajstić information content (AvgIpc) is 2.91. The molecule has 2 heterocycles. The van der Waals surface area contributed by atoms with Gasteiger partial charge < -0.3 is 10.1 Å². The molecular formula is C16H18BrNOS. The van der Waals surface area contributed by atoms with Crippen molar-refractivity contribution in [2.45, 2.75) is 25.8 Å². The predicted octanol–water partition coefficient (Wildman–Crippen LogP) is 4.53. The van der Waals surface area contributed by atoms with Crippen molar-refractivity contribution in [2.75, 3.05) is 13.2 Å². The molecule has 0 saturated carbocycles. The van der Waals surface area contributed by atoms with Gasteiger partial charge in [-0.1, -0.05) is 25.1 Å². The van der Waals surface area contributed by atoms with Gasteiger partial charge in [-0.25, -0.2) is 0 Å². The second-order valence-electron chi connectivity index (χ2n) is 4.95. The maximum atomic E-state index is 5.96. The van der Waals surface area contributed by atoms with E-state index in [1.807, 2.05) is 0 Å². The minimum atomic E-state index is 0.212. The van der Waals surface area contributed by atoms with Crippen molar-refractivity contribution in [1.29, 1.82) is 0 Å². The lowest BCUT2D eigenvalue weighted by molar-refractivity contribution is 0.283. The fraction of sp³-hybridized carbons (Fsp3) is 0.375. The molecule has 1 N–H and O–H groups in total. The summed E-state index contributed by atoms with van der Waals surface area (Å²) in [5.74, 6) is 1.09. The summed E-state index contributed by atoms with van der Waals surface area (Å²) in [5.41, 5.74) is 2.60. The summed E-state index contributed by atoms with van der Waals surface area (Å²) in [4.78, 5) is 1.32. The summed E-state index contributed by atoms with van der Waals surface area (Å²) in [6, 6.07) is 8.93. The SMILES string of the molecule is CCNC(c1cc(Br)cs1)c1cccc2c1OCCC2. The van der Waals surface area contributed by atoms with E-state index < -0.39 is 0 Å². The third-order valence-electron chi connectivity index (χ3n) is 3.56. The minimum Gasteiger partial charge on any atom is -0.493 e. The molecule has 3 rings (SSSR count). The van der Waals surface area contributed by atoms with Gasteiger partial charge in [-0.3, -0.25) is 0 Å². The molecule has 0 amide bonds. The lowest BCUT2D eigenvalue weighted by atomic mass is 9.97. The molecule has 0 saturated heterocycles. The summed E-state index contributed by atoms with van der Waals surface area (Å²) >= 11 is 5.33. The molecule has 1 aromatic heterocycles. The molecule has 20 heavy (non-hydrogen) atoms. The zero-order chi connectivity index (χ0) is 13.9. The topological polar surface area (TPSA) is 21.3 Å². The third-order valence-corrected chi connectivity index (χ3v) is 5.31. The van der Waals surface area contributed by atoms with Crippen molar-refractivity contribution in [3.05, 3.63) is 50.1 Å². The van der Waals surface area contributed by atoms with Crippen molar-refractivity contribution >= 4 is 27.3 Å². The summed E-state index contributed by atoms with van der Waals surface area (Å²) in [5, 5.41) is 5.72. The molecule has 1 unspecified atom stereocenters. The number of rotatable bonds is 4. The highest BCUT2D eigenvalue weighted by Gasteiger charge is 2.22. The molecule has 106 valence electrons. The molecule has 0 spiro atoms. The van der Waals surface area contributed by atoms with E-state index in [-0.39, 0.29) is 6.04 Å². The van der Waals surface area contributed by atoms with Crippen molar-refractivity contribution < 1.29 is 4.74 Å². The number of thiophene rings is 1. The molecule has 0 aliphatic carbocycles. The van der Waals surface area contributed by atoms with E-state index in [0.29, 0.717) is 0 Å². The first-order valence-corrected chi connectivity index (χ1v) is 8.68. The van der Waals surface area contributed by atoms with E-state index in [0.717, 1.165) is 36.2 Å². The van der Waals surface area contributed by atoms with Gasteiger partial charge in [-0.2, -0.15) is 0 Å². The van der Waals surface area contributed by atoms with Crippen LogP contribution in [0.3, 0.4) is 0 Å². The first-order chi connectivity index (χ1) is 9.79. The number of para-hydroxylation sites is 1. The van der Waals surface area contributed by atoms with Gasteiger partial charge in [-0.15, -0.1) is 11.3 Å². The van der Waals surface area contributed by atoms with Crippen molar-refractivity contribution in [3.63, 3.8) is 0 Å². The van der Waals surface area contributed by atoms with E-state index in [1.54, 1.807) is 11.3 Å². The number of hydrogen-bond donors (Lipinski definition) is 1. The Hall–Kier alpha value is -0.840. The van der Waals surface area contributed by atoms with Crippen LogP contribution in [0.1, 0.15) is 35.4 Å². The molecule has 1 aromatic carbocycles. The maximum absolute atomic E-state index is 5.96. The lowest BCUT2D eigenvalue weighted by Crippen LogP contribution is -2.23. The van der Waals surface area contributed by atoms with Gasteiger partial charge in [0.15, 0.2) is 0 Å². The Bertz CT molecular complexity index is 596. The number of aryl methyl sites for hydroxylation is 1. The molecule has 2 nitrogen and oxygen atoms in total. The zero-order valence-corrected chi connectivity index (χ0v) is 13.9. The normalized spacial score (nSPS) is 15.5. The summed E-state index contributed by atoms with van der Waals surface area (Å²) in [6.07, 6.45) is 2.24. The highest BCUT2D eigenvalue weighted by molar-refractivity contribution is 9.10. The summed E-state index contributed by atoms with van der Waals surface area (Å²) in [6.45, 7) is 3.91. The predicted molar refractivity (Wildman–Crippen MR) is 87.8 cm³/mol. The van der Waals surface area contributed by atoms with E-state index in [1.165, 1.54) is 16.0 Å². The van der Waals surface area contributed by atoms with Crippen molar-refractivity contribution in [1.82, 2.24) is 5.32 Å². The van der Waals surface area contributed by atoms with Crippen LogP contribution in [0.2, 0.25) is 0 Å². The van der Waals surface area contributed by atoms with Crippen LogP contribution in [0, 0.1) is 0 Å². The van der Waals surface area contributed by atoms with Crippen molar-refractivity contribution in [3.8, 4) is 5.75 Å². The second-order valence-corrected chi connectivity index (χ2v) is 6.80. The van der Waals surface area contributed by atoms with Gasteiger partial charge >= 0.3 is 0 Å². The Morgan fingerprint density at radius 2 is 2.35 bits per heavy atom. The quantitative estimate of drug-likeness (QED) is 0.873. The molecule has 1 aliphatic heterocycles. The fourth-order valence-electron chi connectivity index (χ4n) is 2.69. The van der Waals surface area contributed by atoms with Gasteiger partial charge in [0.05, 0.1) is 12.6 Å². The number of halogens is 1. The summed E-state index contributed by atoms with van der Waals surface area (Å²) < 4.78 is 7.11. The van der Waals surface area contributed by atoms with Crippen LogP contribution in [0.25, 0.3) is 0 Å². The minimum absolute atomic E-state index is 0.212. The fourth-order valence-corrected chi connectivity index (χ4v) is 4.23. The van der Waals surface area contributed by atoms with Gasteiger partial charge in [0.25, 0.3) is 0 Å². The Balaban J connectivity index is 2.03. The highest BCUT2D eigenvalue weighted by Crippen LogP contribution is 2.38. The number of benzene rings is 1. The standard InChI is InChI=1S/C16H18BrNOS/c1-2-18-15(14-9-12(17)10-20-14)13-7-3-5-11-6-4-8-19-16(11)13/h3,5,7,9-10,15,18H,2,4,6,8H2,1H3. The van der Waals surface area contributed by atoms with E-state index in [9.17, 15) is 0 Å². The van der Waals surface area contributed by atoms with Crippen LogP contribution in [0.5, 0.6) is 5.75 Å². The van der Waals surface area contributed by atoms with Gasteiger partial charge in [0, 0.05) is 20.3 Å². The lowest BCUT2D eigenvalue weighted by Gasteiger charge is -2.25. The first kappa shape index (κ1) is 14.1. The highest BCUT2D eigenvalue weighted by atomic mass is 79.9. The van der Waals surface area contributed by atoms with E-state index in [2.05, 4.69) is 57.8 Å². The zero-order valence-electron chi connectivity index (χ0n) is 11.5. The number of nitrogens with one attached hydrogen (secondary N) is 1. The maximum Gasteiger partial charge on any atom is 0.127 e. The molecule has 0 bridgehead atoms. The van der Waals surface area contributed by atoms with Crippen molar-refractivity contribution in [2.24, 2.45) is 0 Å². The largest absolute Gasteiger partial charge is 0.493 e. The first-order valence-electron chi connectivity index (χ1n) is 7.01. The number of ether oxygens (including phenoxy) is 1. The van der Waals surface area contributed by atoms with E-state index in [4.69, 9.17) is 4.74 Å². The molecular weight excluding hydrogens is 334 g/mol. The van der Waals surface area contributed by atoms with Crippen LogP contribution >= 0.6 is 27.3 Å². The van der Waals surface area contributed by atoms with E-state index >= 15 is 0 Å². The van der Waals surface area contributed by atoms with Gasteiger partial charge in [-0.05, 0) is 46.9 Å². The molecule has 1 atom stereocenters. The van der Waals surface area contributed by atoms with Crippen LogP contribution in [-0.4, -0.2) is 13.2 Å². The second kappa shape index (κ2) is 6.29. The Labute approximate surface area is 132 Å². The Morgan fingerprint density at radius 3 is 3.10 bits per heavy atom. The Kier molecular flexibility index (Phi) is 4.44.